The Morgan fingerprint density at radius 3 is 2.48 bits per heavy atom. The molecule has 1 heterocycles. The maximum Gasteiger partial charge on any atom is 0.160 e. The lowest BCUT2D eigenvalue weighted by Crippen LogP contribution is -3.00. The van der Waals surface area contributed by atoms with Crippen LogP contribution in [-0.2, 0) is 20.0 Å². The predicted molar refractivity (Wildman–Crippen MR) is 80.4 cm³/mol. The highest BCUT2D eigenvalue weighted by Crippen LogP contribution is 2.27. The average Bonchev–Trinajstić information content (AvgIpc) is 2.88. The number of ether oxygens (including phenoxy) is 2. The molecule has 0 aliphatic rings. The fraction of sp³-hybridized carbons (Fsp3) is 0.375. The predicted octanol–water partition coefficient (Wildman–Crippen LogP) is -0.621. The molecule has 1 aromatic carbocycles. The zero-order valence-corrected chi connectivity index (χ0v) is 13.5. The van der Waals surface area contributed by atoms with E-state index in [9.17, 15) is 0 Å². The molecular formula is C16H22ClN2O2-. The Labute approximate surface area is 132 Å². The Hall–Kier alpha value is -1.65. The van der Waals surface area contributed by atoms with Crippen molar-refractivity contribution in [2.75, 3.05) is 20.8 Å². The first-order valence-electron chi connectivity index (χ1n) is 6.76. The van der Waals surface area contributed by atoms with Gasteiger partial charge in [0.2, 0.25) is 0 Å². The number of hydrogen-bond acceptors (Lipinski definition) is 3. The van der Waals surface area contributed by atoms with E-state index in [2.05, 4.69) is 41.3 Å². The zero-order valence-electron chi connectivity index (χ0n) is 12.7. The van der Waals surface area contributed by atoms with E-state index >= 15 is 0 Å². The lowest BCUT2D eigenvalue weighted by atomic mass is 10.1. The molecule has 5 heteroatoms. The molecule has 116 valence electrons. The summed E-state index contributed by atoms with van der Waals surface area (Å²) in [7, 11) is 5.37. The standard InChI is InChI=1S/C16H22N2O2.ClH/c1-18-10-4-5-14(18)12-17-9-8-13-6-7-15(19-2)16(11-13)20-3;/h4-7,10-11,17H,8-9,12H2,1-3H3;1H/p-1. The first kappa shape index (κ1) is 17.4. The largest absolute Gasteiger partial charge is 1.00 e. The van der Waals surface area contributed by atoms with Crippen LogP contribution in [0.1, 0.15) is 11.3 Å². The monoisotopic (exact) mass is 309 g/mol. The van der Waals surface area contributed by atoms with Gasteiger partial charge in [0.05, 0.1) is 14.2 Å². The van der Waals surface area contributed by atoms with Crippen molar-refractivity contribution in [1.29, 1.82) is 0 Å². The van der Waals surface area contributed by atoms with Gasteiger partial charge in [-0.1, -0.05) is 6.07 Å². The van der Waals surface area contributed by atoms with Crippen LogP contribution in [0.3, 0.4) is 0 Å². The molecule has 0 radical (unpaired) electrons. The third-order valence-electron chi connectivity index (χ3n) is 3.40. The molecule has 0 unspecified atom stereocenters. The van der Waals surface area contributed by atoms with Gasteiger partial charge in [-0.3, -0.25) is 0 Å². The Kier molecular flexibility index (Phi) is 7.12. The number of nitrogens with zero attached hydrogens (tertiary/aromatic N) is 1. The third-order valence-corrected chi connectivity index (χ3v) is 3.40. The summed E-state index contributed by atoms with van der Waals surface area (Å²) in [5, 5.41) is 3.45. The lowest BCUT2D eigenvalue weighted by Gasteiger charge is -2.10. The highest BCUT2D eigenvalue weighted by molar-refractivity contribution is 5.42. The summed E-state index contributed by atoms with van der Waals surface area (Å²) in [6, 6.07) is 10.2. The van der Waals surface area contributed by atoms with E-state index in [-0.39, 0.29) is 12.4 Å². The van der Waals surface area contributed by atoms with Crippen molar-refractivity contribution >= 4 is 0 Å². The Bertz CT molecular complexity index is 555. The number of aryl methyl sites for hydroxylation is 1. The zero-order chi connectivity index (χ0) is 14.4. The van der Waals surface area contributed by atoms with Crippen LogP contribution in [0.15, 0.2) is 36.5 Å². The molecule has 0 spiro atoms. The second-order valence-corrected chi connectivity index (χ2v) is 4.73. The van der Waals surface area contributed by atoms with E-state index < -0.39 is 0 Å². The lowest BCUT2D eigenvalue weighted by molar-refractivity contribution is -0.00000477. The van der Waals surface area contributed by atoms with Gasteiger partial charge >= 0.3 is 0 Å². The molecule has 0 aliphatic carbocycles. The number of rotatable bonds is 7. The van der Waals surface area contributed by atoms with Crippen LogP contribution in [-0.4, -0.2) is 25.3 Å². The molecule has 0 fully saturated rings. The van der Waals surface area contributed by atoms with Gasteiger partial charge in [0.15, 0.2) is 11.5 Å². The van der Waals surface area contributed by atoms with Crippen LogP contribution in [0.25, 0.3) is 0 Å². The topological polar surface area (TPSA) is 35.4 Å². The van der Waals surface area contributed by atoms with Gasteiger partial charge in [0.1, 0.15) is 0 Å². The normalized spacial score (nSPS) is 10.0. The number of benzene rings is 1. The average molecular weight is 310 g/mol. The maximum absolute atomic E-state index is 5.31. The van der Waals surface area contributed by atoms with Gasteiger partial charge in [-0.25, -0.2) is 0 Å². The van der Waals surface area contributed by atoms with Crippen LogP contribution in [0, 0.1) is 0 Å². The highest BCUT2D eigenvalue weighted by atomic mass is 35.5. The van der Waals surface area contributed by atoms with Crippen molar-refractivity contribution in [2.24, 2.45) is 7.05 Å². The molecule has 2 aromatic rings. The third kappa shape index (κ3) is 4.69. The number of hydrogen-bond donors (Lipinski definition) is 1. The minimum absolute atomic E-state index is 0. The van der Waals surface area contributed by atoms with Gasteiger partial charge in [0.25, 0.3) is 0 Å². The van der Waals surface area contributed by atoms with Crippen molar-refractivity contribution in [3.05, 3.63) is 47.8 Å². The molecule has 0 saturated heterocycles. The van der Waals surface area contributed by atoms with Gasteiger partial charge in [-0.2, -0.15) is 0 Å². The molecule has 1 aromatic heterocycles. The Morgan fingerprint density at radius 2 is 1.86 bits per heavy atom. The molecule has 0 atom stereocenters. The van der Waals surface area contributed by atoms with Crippen molar-refractivity contribution in [2.45, 2.75) is 13.0 Å². The van der Waals surface area contributed by atoms with E-state index in [0.29, 0.717) is 0 Å². The van der Waals surface area contributed by atoms with E-state index in [0.717, 1.165) is 31.0 Å². The van der Waals surface area contributed by atoms with Crippen LogP contribution < -0.4 is 27.2 Å². The van der Waals surface area contributed by atoms with E-state index in [1.807, 2.05) is 12.1 Å². The number of halogens is 1. The summed E-state index contributed by atoms with van der Waals surface area (Å²) < 4.78 is 12.7. The summed E-state index contributed by atoms with van der Waals surface area (Å²) in [6.07, 6.45) is 3.02. The fourth-order valence-electron chi connectivity index (χ4n) is 2.17. The smallest absolute Gasteiger partial charge is 0.160 e. The quantitative estimate of drug-likeness (QED) is 0.693. The second kappa shape index (κ2) is 8.60. The van der Waals surface area contributed by atoms with E-state index in [1.54, 1.807) is 14.2 Å². The minimum atomic E-state index is 0. The molecule has 0 saturated carbocycles. The van der Waals surface area contributed by atoms with Gasteiger partial charge < -0.3 is 31.8 Å². The van der Waals surface area contributed by atoms with Crippen molar-refractivity contribution in [3.63, 3.8) is 0 Å². The van der Waals surface area contributed by atoms with E-state index in [1.165, 1.54) is 11.3 Å². The SMILES string of the molecule is COc1ccc(CCNCc2cccn2C)cc1OC.[Cl-]. The summed E-state index contributed by atoms with van der Waals surface area (Å²) >= 11 is 0. The molecule has 0 amide bonds. The van der Waals surface area contributed by atoms with Crippen molar-refractivity contribution < 1.29 is 21.9 Å². The summed E-state index contributed by atoms with van der Waals surface area (Å²) in [5.74, 6) is 1.56. The second-order valence-electron chi connectivity index (χ2n) is 4.73. The maximum atomic E-state index is 5.31. The molecule has 4 nitrogen and oxygen atoms in total. The Morgan fingerprint density at radius 1 is 1.10 bits per heavy atom. The molecule has 0 bridgehead atoms. The van der Waals surface area contributed by atoms with Crippen molar-refractivity contribution in [1.82, 2.24) is 9.88 Å². The van der Waals surface area contributed by atoms with Gasteiger partial charge in [-0.15, -0.1) is 0 Å². The van der Waals surface area contributed by atoms with E-state index in [4.69, 9.17) is 9.47 Å². The van der Waals surface area contributed by atoms with Gasteiger partial charge in [0, 0.05) is 25.5 Å². The summed E-state index contributed by atoms with van der Waals surface area (Å²) in [6.45, 7) is 1.82. The summed E-state index contributed by atoms with van der Waals surface area (Å²) in [4.78, 5) is 0. The Balaban J connectivity index is 0.00000220. The number of nitrogens with one attached hydrogen (secondary N) is 1. The molecular weight excluding hydrogens is 288 g/mol. The number of methoxy groups -OCH3 is 2. The molecule has 2 rings (SSSR count). The van der Waals surface area contributed by atoms with Crippen LogP contribution >= 0.6 is 0 Å². The molecule has 1 N–H and O–H groups in total. The van der Waals surface area contributed by atoms with Crippen LogP contribution in [0.5, 0.6) is 11.5 Å². The summed E-state index contributed by atoms with van der Waals surface area (Å²) in [5.41, 5.74) is 2.53. The van der Waals surface area contributed by atoms with Crippen LogP contribution in [0.4, 0.5) is 0 Å². The first-order valence-corrected chi connectivity index (χ1v) is 6.76. The molecule has 0 aliphatic heterocycles. The minimum Gasteiger partial charge on any atom is -1.00 e. The first-order chi connectivity index (χ1) is 9.74. The van der Waals surface area contributed by atoms with Crippen LogP contribution in [0.2, 0.25) is 0 Å². The fourth-order valence-corrected chi connectivity index (χ4v) is 2.17. The molecule has 21 heavy (non-hydrogen) atoms. The van der Waals surface area contributed by atoms with Gasteiger partial charge in [-0.05, 0) is 42.8 Å². The van der Waals surface area contributed by atoms with Crippen molar-refractivity contribution in [3.8, 4) is 11.5 Å². The number of aromatic nitrogens is 1. The highest BCUT2D eigenvalue weighted by Gasteiger charge is 2.04.